The Morgan fingerprint density at radius 3 is 2.85 bits per heavy atom. The summed E-state index contributed by atoms with van der Waals surface area (Å²) in [6, 6.07) is 9.33. The van der Waals surface area contributed by atoms with Crippen molar-refractivity contribution in [1.29, 1.82) is 0 Å². The van der Waals surface area contributed by atoms with E-state index in [1.165, 1.54) is 18.1 Å². The van der Waals surface area contributed by atoms with E-state index < -0.39 is 0 Å². The summed E-state index contributed by atoms with van der Waals surface area (Å²) < 4.78 is 1.00. The van der Waals surface area contributed by atoms with Gasteiger partial charge in [-0.15, -0.1) is 11.3 Å². The van der Waals surface area contributed by atoms with Gasteiger partial charge in [-0.05, 0) is 42.1 Å². The lowest BCUT2D eigenvalue weighted by molar-refractivity contribution is -0.117. The van der Waals surface area contributed by atoms with Gasteiger partial charge in [-0.25, -0.2) is 9.97 Å². The lowest BCUT2D eigenvalue weighted by Crippen LogP contribution is -2.23. The molecule has 2 amide bonds. The van der Waals surface area contributed by atoms with E-state index in [1.807, 2.05) is 35.7 Å². The second-order valence-electron chi connectivity index (χ2n) is 5.85. The van der Waals surface area contributed by atoms with Crippen molar-refractivity contribution >= 4 is 56.5 Å². The van der Waals surface area contributed by atoms with Crippen LogP contribution in [-0.4, -0.2) is 34.1 Å². The first-order valence-electron chi connectivity index (χ1n) is 8.22. The summed E-state index contributed by atoms with van der Waals surface area (Å²) in [5.74, 6) is 0.336. The summed E-state index contributed by atoms with van der Waals surface area (Å²) in [5.41, 5.74) is 2.50. The molecule has 0 spiro atoms. The van der Waals surface area contributed by atoms with E-state index in [2.05, 4.69) is 15.3 Å². The van der Waals surface area contributed by atoms with Crippen LogP contribution in [0, 0.1) is 0 Å². The summed E-state index contributed by atoms with van der Waals surface area (Å²) >= 11 is 2.97. The molecule has 6 nitrogen and oxygen atoms in total. The fraction of sp³-hybridized carbons (Fsp3) is 0.222. The van der Waals surface area contributed by atoms with Gasteiger partial charge in [-0.2, -0.15) is 0 Å². The molecular formula is C18H16N4O2S2. The van der Waals surface area contributed by atoms with Crippen molar-refractivity contribution in [1.82, 2.24) is 9.97 Å². The Bertz CT molecular complexity index is 955. The van der Waals surface area contributed by atoms with Crippen molar-refractivity contribution in [3.63, 3.8) is 0 Å². The number of carbonyl (C=O) groups excluding carboxylic acids is 2. The number of carbonyl (C=O) groups is 2. The fourth-order valence-electron chi connectivity index (χ4n) is 2.85. The van der Waals surface area contributed by atoms with E-state index in [1.54, 1.807) is 16.2 Å². The van der Waals surface area contributed by atoms with Crippen LogP contribution in [-0.2, 0) is 9.59 Å². The summed E-state index contributed by atoms with van der Waals surface area (Å²) in [7, 11) is 0. The highest BCUT2D eigenvalue weighted by Crippen LogP contribution is 2.29. The van der Waals surface area contributed by atoms with Crippen LogP contribution in [0.25, 0.3) is 10.2 Å². The number of nitrogens with one attached hydrogen (secondary N) is 1. The molecule has 0 saturated carbocycles. The molecular weight excluding hydrogens is 368 g/mol. The Labute approximate surface area is 158 Å². The minimum atomic E-state index is -0.0942. The van der Waals surface area contributed by atoms with Crippen LogP contribution in [0.1, 0.15) is 12.8 Å². The van der Waals surface area contributed by atoms with Gasteiger partial charge >= 0.3 is 0 Å². The third-order valence-corrected chi connectivity index (χ3v) is 6.12. The molecule has 2 aromatic heterocycles. The predicted octanol–water partition coefficient (Wildman–Crippen LogP) is 3.55. The standard InChI is InChI=1S/C18H16N4O2S2/c23-15(10-26-18-17-14(7-9-25-17)19-11-20-18)21-12-3-5-13(6-4-12)22-8-1-2-16(22)24/h3-7,9,11H,1-2,8,10H2,(H,21,23). The average molecular weight is 384 g/mol. The SMILES string of the molecule is O=C(CSc1ncnc2ccsc12)Nc1ccc(N2CCCC2=O)cc1. The molecule has 132 valence electrons. The van der Waals surface area contributed by atoms with Crippen LogP contribution >= 0.6 is 23.1 Å². The zero-order valence-electron chi connectivity index (χ0n) is 13.8. The zero-order valence-corrected chi connectivity index (χ0v) is 15.5. The van der Waals surface area contributed by atoms with E-state index >= 15 is 0 Å². The van der Waals surface area contributed by atoms with Gasteiger partial charge in [-0.3, -0.25) is 9.59 Å². The molecule has 1 saturated heterocycles. The number of hydrogen-bond donors (Lipinski definition) is 1. The van der Waals surface area contributed by atoms with E-state index in [-0.39, 0.29) is 17.6 Å². The number of aromatic nitrogens is 2. The Balaban J connectivity index is 1.36. The Morgan fingerprint density at radius 2 is 2.08 bits per heavy atom. The minimum Gasteiger partial charge on any atom is -0.325 e. The quantitative estimate of drug-likeness (QED) is 0.538. The molecule has 1 aliphatic rings. The van der Waals surface area contributed by atoms with Gasteiger partial charge in [0.25, 0.3) is 0 Å². The molecule has 1 aliphatic heterocycles. The Kier molecular flexibility index (Phi) is 4.85. The van der Waals surface area contributed by atoms with Crippen molar-refractivity contribution in [2.75, 3.05) is 22.5 Å². The first kappa shape index (κ1) is 17.0. The van der Waals surface area contributed by atoms with Gasteiger partial charge in [0.05, 0.1) is 16.0 Å². The third kappa shape index (κ3) is 3.56. The fourth-order valence-corrected chi connectivity index (χ4v) is 4.59. The zero-order chi connectivity index (χ0) is 17.9. The van der Waals surface area contributed by atoms with Crippen LogP contribution in [0.2, 0.25) is 0 Å². The number of thioether (sulfide) groups is 1. The van der Waals surface area contributed by atoms with E-state index in [0.717, 1.165) is 39.6 Å². The largest absolute Gasteiger partial charge is 0.325 e. The van der Waals surface area contributed by atoms with E-state index in [9.17, 15) is 9.59 Å². The molecule has 8 heteroatoms. The van der Waals surface area contributed by atoms with Crippen molar-refractivity contribution in [2.45, 2.75) is 17.9 Å². The predicted molar refractivity (Wildman–Crippen MR) is 105 cm³/mol. The highest BCUT2D eigenvalue weighted by Gasteiger charge is 2.21. The summed E-state index contributed by atoms with van der Waals surface area (Å²) in [6.07, 6.45) is 3.03. The number of fused-ring (bicyclic) bond motifs is 1. The van der Waals surface area contributed by atoms with Gasteiger partial charge in [0.2, 0.25) is 11.8 Å². The highest BCUT2D eigenvalue weighted by atomic mass is 32.2. The second-order valence-corrected chi connectivity index (χ2v) is 7.73. The normalized spacial score (nSPS) is 14.2. The number of benzene rings is 1. The molecule has 0 aliphatic carbocycles. The number of amides is 2. The van der Waals surface area contributed by atoms with Crippen molar-refractivity contribution < 1.29 is 9.59 Å². The molecule has 1 aromatic carbocycles. The molecule has 0 atom stereocenters. The molecule has 3 aromatic rings. The Morgan fingerprint density at radius 1 is 1.23 bits per heavy atom. The molecule has 0 unspecified atom stereocenters. The highest BCUT2D eigenvalue weighted by molar-refractivity contribution is 8.00. The first-order chi connectivity index (χ1) is 12.7. The molecule has 1 N–H and O–H groups in total. The lowest BCUT2D eigenvalue weighted by Gasteiger charge is -2.16. The topological polar surface area (TPSA) is 75.2 Å². The van der Waals surface area contributed by atoms with Gasteiger partial charge < -0.3 is 10.2 Å². The van der Waals surface area contributed by atoms with Crippen LogP contribution in [0.15, 0.2) is 47.1 Å². The van der Waals surface area contributed by atoms with Gasteiger partial charge in [0.15, 0.2) is 0 Å². The molecule has 4 rings (SSSR count). The maximum absolute atomic E-state index is 12.2. The van der Waals surface area contributed by atoms with Crippen LogP contribution < -0.4 is 10.2 Å². The Hall–Kier alpha value is -2.45. The van der Waals surface area contributed by atoms with Crippen LogP contribution in [0.3, 0.4) is 0 Å². The second kappa shape index (κ2) is 7.43. The van der Waals surface area contributed by atoms with Crippen LogP contribution in [0.5, 0.6) is 0 Å². The molecule has 3 heterocycles. The maximum Gasteiger partial charge on any atom is 0.234 e. The van der Waals surface area contributed by atoms with Gasteiger partial charge in [0, 0.05) is 24.3 Å². The lowest BCUT2D eigenvalue weighted by atomic mass is 10.2. The molecule has 1 fully saturated rings. The summed E-state index contributed by atoms with van der Waals surface area (Å²) in [5, 5.41) is 5.67. The number of anilines is 2. The average Bonchev–Trinajstić information content (AvgIpc) is 3.29. The van der Waals surface area contributed by atoms with Gasteiger partial charge in [0.1, 0.15) is 11.4 Å². The van der Waals surface area contributed by atoms with Gasteiger partial charge in [-0.1, -0.05) is 11.8 Å². The number of nitrogens with zero attached hydrogens (tertiary/aromatic N) is 3. The first-order valence-corrected chi connectivity index (χ1v) is 10.1. The summed E-state index contributed by atoms with van der Waals surface area (Å²) in [4.78, 5) is 34.2. The van der Waals surface area contributed by atoms with E-state index in [4.69, 9.17) is 0 Å². The summed E-state index contributed by atoms with van der Waals surface area (Å²) in [6.45, 7) is 0.761. The number of thiophene rings is 1. The van der Waals surface area contributed by atoms with Crippen molar-refractivity contribution in [3.8, 4) is 0 Å². The van der Waals surface area contributed by atoms with E-state index in [0.29, 0.717) is 6.42 Å². The number of rotatable bonds is 5. The molecule has 0 radical (unpaired) electrons. The minimum absolute atomic E-state index is 0.0942. The number of hydrogen-bond acceptors (Lipinski definition) is 6. The molecule has 26 heavy (non-hydrogen) atoms. The van der Waals surface area contributed by atoms with Crippen molar-refractivity contribution in [3.05, 3.63) is 42.0 Å². The monoisotopic (exact) mass is 384 g/mol. The van der Waals surface area contributed by atoms with Crippen molar-refractivity contribution in [2.24, 2.45) is 0 Å². The molecule has 0 bridgehead atoms. The maximum atomic E-state index is 12.2. The van der Waals surface area contributed by atoms with Crippen LogP contribution in [0.4, 0.5) is 11.4 Å². The third-order valence-electron chi connectivity index (χ3n) is 4.09. The smallest absolute Gasteiger partial charge is 0.234 e.